The molecule has 0 fully saturated rings. The number of hydrogen-bond donors (Lipinski definition) is 0. The summed E-state index contributed by atoms with van der Waals surface area (Å²) in [7, 11) is 0. The Labute approximate surface area is 84.2 Å². The molecule has 0 atom stereocenters. The number of rotatable bonds is 3. The van der Waals surface area contributed by atoms with Crippen molar-refractivity contribution >= 4 is 5.76 Å². The molecule has 0 N–H and O–H groups in total. The first-order valence-electron chi connectivity index (χ1n) is 4.96. The molecule has 0 spiro atoms. The quantitative estimate of drug-likeness (QED) is 0.728. The second-order valence-corrected chi connectivity index (χ2v) is 3.27. The molecule has 1 aromatic rings. The van der Waals surface area contributed by atoms with Crippen molar-refractivity contribution in [2.24, 2.45) is 0 Å². The van der Waals surface area contributed by atoms with Gasteiger partial charge in [0.15, 0.2) is 5.76 Å². The Balaban J connectivity index is 2.28. The van der Waals surface area contributed by atoms with Gasteiger partial charge in [0.25, 0.3) is 0 Å². The molecule has 1 heterocycles. The van der Waals surface area contributed by atoms with E-state index < -0.39 is 0 Å². The van der Waals surface area contributed by atoms with Gasteiger partial charge in [-0.25, -0.2) is 0 Å². The lowest BCUT2D eigenvalue weighted by molar-refractivity contribution is 0.0843. The lowest BCUT2D eigenvalue weighted by atomic mass is 10.1. The maximum Gasteiger partial charge on any atom is 0.230 e. The molecule has 0 amide bonds. The average molecular weight is 190 g/mol. The minimum Gasteiger partial charge on any atom is -0.458 e. The van der Waals surface area contributed by atoms with Crippen LogP contribution in [-0.2, 0) is 9.47 Å². The summed E-state index contributed by atoms with van der Waals surface area (Å²) in [6, 6.07) is 10.1. The van der Waals surface area contributed by atoms with E-state index in [0.717, 1.165) is 29.9 Å². The summed E-state index contributed by atoms with van der Waals surface area (Å²) in [5.74, 6) is 1.89. The smallest absolute Gasteiger partial charge is 0.230 e. The molecule has 0 radical (unpaired) electrons. The van der Waals surface area contributed by atoms with E-state index in [4.69, 9.17) is 9.47 Å². The fraction of sp³-hybridized carbons (Fsp3) is 0.333. The van der Waals surface area contributed by atoms with Crippen LogP contribution in [0.5, 0.6) is 0 Å². The van der Waals surface area contributed by atoms with Gasteiger partial charge in [-0.15, -0.1) is 0 Å². The molecule has 2 nitrogen and oxygen atoms in total. The highest BCUT2D eigenvalue weighted by molar-refractivity contribution is 5.62. The molecule has 1 aliphatic heterocycles. The van der Waals surface area contributed by atoms with Gasteiger partial charge < -0.3 is 9.47 Å². The normalized spacial score (nSPS) is 15.2. The second-order valence-electron chi connectivity index (χ2n) is 3.27. The summed E-state index contributed by atoms with van der Waals surface area (Å²) >= 11 is 0. The lowest BCUT2D eigenvalue weighted by Crippen LogP contribution is -1.86. The summed E-state index contributed by atoms with van der Waals surface area (Å²) in [6.07, 6.45) is 2.03. The van der Waals surface area contributed by atoms with Crippen LogP contribution in [0.4, 0.5) is 0 Å². The summed E-state index contributed by atoms with van der Waals surface area (Å²) in [6.45, 7) is 2.50. The topological polar surface area (TPSA) is 18.5 Å². The first kappa shape index (κ1) is 9.13. The average Bonchev–Trinajstić information content (AvgIpc) is 2.68. The Hall–Kier alpha value is -1.44. The summed E-state index contributed by atoms with van der Waals surface area (Å²) in [5, 5.41) is 0. The van der Waals surface area contributed by atoms with Gasteiger partial charge in [-0.1, -0.05) is 37.3 Å². The third-order valence-electron chi connectivity index (χ3n) is 2.20. The highest BCUT2D eigenvalue weighted by Crippen LogP contribution is 2.28. The summed E-state index contributed by atoms with van der Waals surface area (Å²) < 4.78 is 10.9. The van der Waals surface area contributed by atoms with Gasteiger partial charge in [0.2, 0.25) is 6.79 Å². The third-order valence-corrected chi connectivity index (χ3v) is 2.20. The molecular weight excluding hydrogens is 176 g/mol. The van der Waals surface area contributed by atoms with Crippen LogP contribution in [0.2, 0.25) is 0 Å². The van der Waals surface area contributed by atoms with Crippen molar-refractivity contribution < 1.29 is 9.47 Å². The number of benzene rings is 1. The van der Waals surface area contributed by atoms with Crippen LogP contribution in [0.3, 0.4) is 0 Å². The van der Waals surface area contributed by atoms with Crippen molar-refractivity contribution in [2.75, 3.05) is 6.79 Å². The van der Waals surface area contributed by atoms with Crippen LogP contribution in [-0.4, -0.2) is 6.79 Å². The highest BCUT2D eigenvalue weighted by Gasteiger charge is 2.17. The Morgan fingerprint density at radius 2 is 1.93 bits per heavy atom. The molecule has 14 heavy (non-hydrogen) atoms. The van der Waals surface area contributed by atoms with Crippen molar-refractivity contribution in [1.29, 1.82) is 0 Å². The molecule has 0 unspecified atom stereocenters. The molecule has 0 aliphatic carbocycles. The largest absolute Gasteiger partial charge is 0.458 e. The number of ether oxygens (including phenoxy) is 2. The Morgan fingerprint density at radius 1 is 1.14 bits per heavy atom. The van der Waals surface area contributed by atoms with E-state index in [0.29, 0.717) is 6.79 Å². The minimum atomic E-state index is 0.361. The van der Waals surface area contributed by atoms with Crippen LogP contribution in [0.1, 0.15) is 25.3 Å². The third kappa shape index (κ3) is 1.74. The zero-order valence-corrected chi connectivity index (χ0v) is 8.32. The zero-order valence-electron chi connectivity index (χ0n) is 8.32. The molecule has 1 aromatic carbocycles. The van der Waals surface area contributed by atoms with Crippen molar-refractivity contribution in [1.82, 2.24) is 0 Å². The van der Waals surface area contributed by atoms with Gasteiger partial charge in [-0.3, -0.25) is 0 Å². The van der Waals surface area contributed by atoms with Crippen LogP contribution >= 0.6 is 0 Å². The van der Waals surface area contributed by atoms with Crippen molar-refractivity contribution in [3.63, 3.8) is 0 Å². The summed E-state index contributed by atoms with van der Waals surface area (Å²) in [5.41, 5.74) is 1.11. The molecular formula is C12H14O2. The van der Waals surface area contributed by atoms with Crippen molar-refractivity contribution in [3.8, 4) is 0 Å². The SMILES string of the molecule is CCCC1=C(c2ccccc2)OCO1. The standard InChI is InChI=1S/C12H14O2/c1-2-6-11-12(14-9-13-11)10-7-4-3-5-8-10/h3-5,7-8H,2,6,9H2,1H3. The van der Waals surface area contributed by atoms with E-state index in [1.807, 2.05) is 30.3 Å². The van der Waals surface area contributed by atoms with Gasteiger partial charge in [0.05, 0.1) is 0 Å². The Bertz CT molecular complexity index is 327. The van der Waals surface area contributed by atoms with E-state index in [-0.39, 0.29) is 0 Å². The number of hydrogen-bond acceptors (Lipinski definition) is 2. The Morgan fingerprint density at radius 3 is 2.64 bits per heavy atom. The first-order chi connectivity index (χ1) is 6.92. The van der Waals surface area contributed by atoms with Crippen LogP contribution < -0.4 is 0 Å². The van der Waals surface area contributed by atoms with Gasteiger partial charge >= 0.3 is 0 Å². The molecule has 0 saturated carbocycles. The second kappa shape index (κ2) is 4.18. The molecule has 1 aliphatic rings. The lowest BCUT2D eigenvalue weighted by Gasteiger charge is -2.02. The van der Waals surface area contributed by atoms with E-state index in [9.17, 15) is 0 Å². The predicted molar refractivity (Wildman–Crippen MR) is 55.3 cm³/mol. The summed E-state index contributed by atoms with van der Waals surface area (Å²) in [4.78, 5) is 0. The predicted octanol–water partition coefficient (Wildman–Crippen LogP) is 3.16. The van der Waals surface area contributed by atoms with E-state index in [2.05, 4.69) is 6.92 Å². The molecule has 2 rings (SSSR count). The highest BCUT2D eigenvalue weighted by atomic mass is 16.7. The van der Waals surface area contributed by atoms with E-state index in [1.54, 1.807) is 0 Å². The number of allylic oxidation sites excluding steroid dienone is 1. The van der Waals surface area contributed by atoms with E-state index in [1.165, 1.54) is 0 Å². The zero-order chi connectivity index (χ0) is 9.80. The van der Waals surface area contributed by atoms with Crippen LogP contribution in [0, 0.1) is 0 Å². The van der Waals surface area contributed by atoms with Gasteiger partial charge in [-0.2, -0.15) is 0 Å². The van der Waals surface area contributed by atoms with Crippen LogP contribution in [0.25, 0.3) is 5.76 Å². The first-order valence-corrected chi connectivity index (χ1v) is 4.96. The molecule has 0 bridgehead atoms. The van der Waals surface area contributed by atoms with Gasteiger partial charge in [0.1, 0.15) is 5.76 Å². The molecule has 74 valence electrons. The van der Waals surface area contributed by atoms with Crippen molar-refractivity contribution in [2.45, 2.75) is 19.8 Å². The minimum absolute atomic E-state index is 0.361. The maximum atomic E-state index is 5.46. The van der Waals surface area contributed by atoms with E-state index >= 15 is 0 Å². The fourth-order valence-electron chi connectivity index (χ4n) is 1.55. The maximum absolute atomic E-state index is 5.46. The Kier molecular flexibility index (Phi) is 2.73. The monoisotopic (exact) mass is 190 g/mol. The van der Waals surface area contributed by atoms with Gasteiger partial charge in [-0.05, 0) is 6.42 Å². The molecule has 0 aromatic heterocycles. The van der Waals surface area contributed by atoms with Crippen LogP contribution in [0.15, 0.2) is 36.1 Å². The van der Waals surface area contributed by atoms with Crippen molar-refractivity contribution in [3.05, 3.63) is 41.7 Å². The fourth-order valence-corrected chi connectivity index (χ4v) is 1.55. The molecule has 2 heteroatoms. The van der Waals surface area contributed by atoms with Gasteiger partial charge in [0, 0.05) is 12.0 Å². The molecule has 0 saturated heterocycles.